The van der Waals surface area contributed by atoms with E-state index in [0.29, 0.717) is 43.5 Å². The van der Waals surface area contributed by atoms with Crippen LogP contribution in [0, 0.1) is 17.3 Å². The molecule has 0 aromatic heterocycles. The predicted octanol–water partition coefficient (Wildman–Crippen LogP) is 0.543. The lowest BCUT2D eigenvalue weighted by molar-refractivity contribution is -0.161. The van der Waals surface area contributed by atoms with Crippen molar-refractivity contribution < 1.29 is 19.8 Å². The molecule has 2 amide bonds. The molecule has 7 heteroatoms. The Morgan fingerprint density at radius 2 is 1.85 bits per heavy atom. The van der Waals surface area contributed by atoms with E-state index < -0.39 is 12.0 Å². The van der Waals surface area contributed by atoms with E-state index >= 15 is 0 Å². The van der Waals surface area contributed by atoms with Gasteiger partial charge >= 0.3 is 0 Å². The van der Waals surface area contributed by atoms with Crippen molar-refractivity contribution in [2.75, 3.05) is 32.8 Å². The SMILES string of the molecule is O=C(CO)N1CC(Cc2ccc(Cl)cc2)(C(=O)N2C[C@@H]3C[C@@H](O)[C@@H]3C2)C1. The second kappa shape index (κ2) is 6.51. The number of aliphatic hydroxyl groups excluding tert-OH is 2. The fraction of sp³-hybridized carbons (Fsp3) is 0.579. The van der Waals surface area contributed by atoms with E-state index in [1.54, 1.807) is 12.1 Å². The highest BCUT2D eigenvalue weighted by Gasteiger charge is 2.55. The number of fused-ring (bicyclic) bond motifs is 1. The van der Waals surface area contributed by atoms with E-state index in [-0.39, 0.29) is 23.8 Å². The minimum absolute atomic E-state index is 0.0519. The molecule has 2 N–H and O–H groups in total. The maximum Gasteiger partial charge on any atom is 0.248 e. The number of hydrogen-bond acceptors (Lipinski definition) is 4. The van der Waals surface area contributed by atoms with E-state index in [1.165, 1.54) is 4.90 Å². The molecule has 3 atom stereocenters. The van der Waals surface area contributed by atoms with Gasteiger partial charge in [0.05, 0.1) is 11.5 Å². The van der Waals surface area contributed by atoms with E-state index in [9.17, 15) is 14.7 Å². The fourth-order valence-corrected chi connectivity index (χ4v) is 4.77. The molecule has 3 fully saturated rings. The third-order valence-electron chi connectivity index (χ3n) is 6.20. The number of carbonyl (C=O) groups is 2. The van der Waals surface area contributed by atoms with E-state index in [4.69, 9.17) is 16.7 Å². The molecule has 140 valence electrons. The summed E-state index contributed by atoms with van der Waals surface area (Å²) in [5.74, 6) is 0.302. The molecule has 0 radical (unpaired) electrons. The molecule has 26 heavy (non-hydrogen) atoms. The topological polar surface area (TPSA) is 81.1 Å². The average molecular weight is 379 g/mol. The van der Waals surface area contributed by atoms with Gasteiger partial charge in [0.2, 0.25) is 11.8 Å². The highest BCUT2D eigenvalue weighted by atomic mass is 35.5. The van der Waals surface area contributed by atoms with Gasteiger partial charge in [-0.15, -0.1) is 0 Å². The Bertz CT molecular complexity index is 717. The van der Waals surface area contributed by atoms with Gasteiger partial charge in [-0.25, -0.2) is 0 Å². The summed E-state index contributed by atoms with van der Waals surface area (Å²) in [6, 6.07) is 7.42. The Morgan fingerprint density at radius 3 is 2.42 bits per heavy atom. The highest BCUT2D eigenvalue weighted by molar-refractivity contribution is 6.30. The summed E-state index contributed by atoms with van der Waals surface area (Å²) in [7, 11) is 0. The number of likely N-dealkylation sites (tertiary alicyclic amines) is 2. The van der Waals surface area contributed by atoms with Crippen LogP contribution in [0.5, 0.6) is 0 Å². The van der Waals surface area contributed by atoms with Crippen LogP contribution in [0.15, 0.2) is 24.3 Å². The van der Waals surface area contributed by atoms with Gasteiger partial charge < -0.3 is 20.0 Å². The number of amides is 2. The molecule has 0 spiro atoms. The summed E-state index contributed by atoms with van der Waals surface area (Å²) in [4.78, 5) is 28.5. The number of halogens is 1. The summed E-state index contributed by atoms with van der Waals surface area (Å²) in [5.41, 5.74) is 0.342. The zero-order chi connectivity index (χ0) is 18.5. The van der Waals surface area contributed by atoms with Gasteiger partial charge in [-0.05, 0) is 36.5 Å². The maximum atomic E-state index is 13.3. The zero-order valence-electron chi connectivity index (χ0n) is 14.5. The number of aliphatic hydroxyl groups is 2. The molecule has 1 aromatic rings. The van der Waals surface area contributed by atoms with Crippen molar-refractivity contribution in [1.82, 2.24) is 9.80 Å². The average Bonchev–Trinajstić information content (AvgIpc) is 2.95. The van der Waals surface area contributed by atoms with E-state index in [2.05, 4.69) is 0 Å². The summed E-state index contributed by atoms with van der Waals surface area (Å²) in [5, 5.41) is 19.6. The van der Waals surface area contributed by atoms with Crippen molar-refractivity contribution >= 4 is 23.4 Å². The van der Waals surface area contributed by atoms with Crippen LogP contribution in [0.2, 0.25) is 5.02 Å². The number of carbonyl (C=O) groups excluding carboxylic acids is 2. The quantitative estimate of drug-likeness (QED) is 0.801. The third-order valence-corrected chi connectivity index (χ3v) is 6.45. The molecule has 1 aromatic carbocycles. The lowest BCUT2D eigenvalue weighted by Crippen LogP contribution is -2.66. The minimum atomic E-state index is -0.659. The van der Waals surface area contributed by atoms with Gasteiger partial charge in [0.15, 0.2) is 0 Å². The van der Waals surface area contributed by atoms with Crippen molar-refractivity contribution in [3.63, 3.8) is 0 Å². The number of hydrogen-bond donors (Lipinski definition) is 2. The molecule has 0 bridgehead atoms. The third kappa shape index (κ3) is 2.90. The highest BCUT2D eigenvalue weighted by Crippen LogP contribution is 2.44. The first-order valence-corrected chi connectivity index (χ1v) is 9.40. The summed E-state index contributed by atoms with van der Waals surface area (Å²) in [6.07, 6.45) is 1.01. The standard InChI is InChI=1S/C19H23ClN2O4/c20-14-3-1-12(2-4-14)6-19(10-22(11-19)17(25)9-23)18(26)21-7-13-5-16(24)15(13)8-21/h1-4,13,15-16,23-24H,5-11H2/t13-,15+,16+/m0/s1. The maximum absolute atomic E-state index is 13.3. The second-order valence-corrected chi connectivity index (χ2v) is 8.37. The van der Waals surface area contributed by atoms with Crippen LogP contribution in [-0.4, -0.2) is 70.7 Å². The van der Waals surface area contributed by atoms with E-state index in [0.717, 1.165) is 12.0 Å². The van der Waals surface area contributed by atoms with Crippen molar-refractivity contribution in [1.29, 1.82) is 0 Å². The van der Waals surface area contributed by atoms with Crippen LogP contribution in [0.25, 0.3) is 0 Å². The molecule has 6 nitrogen and oxygen atoms in total. The summed E-state index contributed by atoms with van der Waals surface area (Å²) < 4.78 is 0. The fourth-order valence-electron chi connectivity index (χ4n) is 4.65. The number of rotatable bonds is 4. The number of nitrogens with zero attached hydrogens (tertiary/aromatic N) is 2. The number of benzene rings is 1. The van der Waals surface area contributed by atoms with Crippen molar-refractivity contribution in [3.05, 3.63) is 34.9 Å². The molecule has 1 saturated carbocycles. The lowest BCUT2D eigenvalue weighted by atomic mass is 9.73. The molecular weight excluding hydrogens is 356 g/mol. The van der Waals surface area contributed by atoms with Gasteiger partial charge in [0.25, 0.3) is 0 Å². The summed E-state index contributed by atoms with van der Waals surface area (Å²) in [6.45, 7) is 1.40. The molecule has 1 aliphatic carbocycles. The van der Waals surface area contributed by atoms with Crippen molar-refractivity contribution in [2.45, 2.75) is 18.9 Å². The van der Waals surface area contributed by atoms with Crippen LogP contribution in [0.4, 0.5) is 0 Å². The Morgan fingerprint density at radius 1 is 1.15 bits per heavy atom. The lowest BCUT2D eigenvalue weighted by Gasteiger charge is -2.50. The van der Waals surface area contributed by atoms with Crippen LogP contribution in [0.3, 0.4) is 0 Å². The molecule has 2 saturated heterocycles. The van der Waals surface area contributed by atoms with Crippen LogP contribution in [0.1, 0.15) is 12.0 Å². The molecule has 4 rings (SSSR count). The zero-order valence-corrected chi connectivity index (χ0v) is 15.2. The smallest absolute Gasteiger partial charge is 0.248 e. The van der Waals surface area contributed by atoms with Gasteiger partial charge in [-0.1, -0.05) is 23.7 Å². The molecule has 2 heterocycles. The summed E-state index contributed by atoms with van der Waals surface area (Å²) >= 11 is 5.95. The first-order valence-electron chi connectivity index (χ1n) is 9.02. The Hall–Kier alpha value is -1.63. The minimum Gasteiger partial charge on any atom is -0.393 e. The van der Waals surface area contributed by atoms with Gasteiger partial charge in [0.1, 0.15) is 6.61 Å². The first-order chi connectivity index (χ1) is 12.4. The molecule has 2 aliphatic heterocycles. The van der Waals surface area contributed by atoms with Crippen LogP contribution >= 0.6 is 11.6 Å². The van der Waals surface area contributed by atoms with Crippen molar-refractivity contribution in [3.8, 4) is 0 Å². The van der Waals surface area contributed by atoms with Gasteiger partial charge in [0, 0.05) is 37.1 Å². The largest absolute Gasteiger partial charge is 0.393 e. The van der Waals surface area contributed by atoms with E-state index in [1.807, 2.05) is 17.0 Å². The molecular formula is C19H23ClN2O4. The van der Waals surface area contributed by atoms with Crippen molar-refractivity contribution in [2.24, 2.45) is 17.3 Å². The predicted molar refractivity (Wildman–Crippen MR) is 95.4 cm³/mol. The van der Waals surface area contributed by atoms with Crippen LogP contribution in [-0.2, 0) is 16.0 Å². The monoisotopic (exact) mass is 378 g/mol. The molecule has 0 unspecified atom stereocenters. The van der Waals surface area contributed by atoms with Gasteiger partial charge in [-0.3, -0.25) is 9.59 Å². The second-order valence-electron chi connectivity index (χ2n) is 7.93. The molecule has 3 aliphatic rings. The normalized spacial score (nSPS) is 29.0. The Labute approximate surface area is 157 Å². The van der Waals surface area contributed by atoms with Crippen LogP contribution < -0.4 is 0 Å². The van der Waals surface area contributed by atoms with Gasteiger partial charge in [-0.2, -0.15) is 0 Å². The first kappa shape index (κ1) is 17.8. The Balaban J connectivity index is 1.52. The Kier molecular flexibility index (Phi) is 4.45.